The number of carbonyl (C=O) groups excluding carboxylic acids is 2. The highest BCUT2D eigenvalue weighted by Gasteiger charge is 2.25. The van der Waals surface area contributed by atoms with Gasteiger partial charge in [0.15, 0.2) is 0 Å². The predicted molar refractivity (Wildman–Crippen MR) is 84.9 cm³/mol. The van der Waals surface area contributed by atoms with Crippen molar-refractivity contribution in [3.63, 3.8) is 0 Å². The van der Waals surface area contributed by atoms with Gasteiger partial charge in [-0.1, -0.05) is 0 Å². The standard InChI is InChI=1S/C17H24N2O3/c1-3-18-16(20)13-5-4-11-19(12-10-13)17(21)14-6-8-15(22-2)9-7-14/h6-9,13H,3-5,10-12H2,1-2H3,(H,18,20). The maximum atomic E-state index is 12.5. The molecule has 0 aliphatic carbocycles. The van der Waals surface area contributed by atoms with Crippen LogP contribution in [0, 0.1) is 5.92 Å². The van der Waals surface area contributed by atoms with Crippen molar-refractivity contribution >= 4 is 11.8 Å². The smallest absolute Gasteiger partial charge is 0.253 e. The summed E-state index contributed by atoms with van der Waals surface area (Å²) < 4.78 is 5.11. The zero-order chi connectivity index (χ0) is 15.9. The predicted octanol–water partition coefficient (Wildman–Crippen LogP) is 2.07. The van der Waals surface area contributed by atoms with Crippen LogP contribution in [0.15, 0.2) is 24.3 Å². The van der Waals surface area contributed by atoms with Crippen LogP contribution in [0.4, 0.5) is 0 Å². The second-order valence-corrected chi connectivity index (χ2v) is 5.54. The molecule has 5 nitrogen and oxygen atoms in total. The van der Waals surface area contributed by atoms with Crippen molar-refractivity contribution in [1.82, 2.24) is 10.2 Å². The Labute approximate surface area is 131 Å². The number of ether oxygens (including phenoxy) is 1. The van der Waals surface area contributed by atoms with Crippen LogP contribution < -0.4 is 10.1 Å². The Balaban J connectivity index is 1.97. The molecule has 1 N–H and O–H groups in total. The van der Waals surface area contributed by atoms with Crippen LogP contribution in [0.1, 0.15) is 36.5 Å². The van der Waals surface area contributed by atoms with Gasteiger partial charge >= 0.3 is 0 Å². The highest BCUT2D eigenvalue weighted by atomic mass is 16.5. The maximum Gasteiger partial charge on any atom is 0.253 e. The summed E-state index contributed by atoms with van der Waals surface area (Å²) in [7, 11) is 1.60. The van der Waals surface area contributed by atoms with E-state index in [1.54, 1.807) is 31.4 Å². The van der Waals surface area contributed by atoms with Gasteiger partial charge in [-0.25, -0.2) is 0 Å². The molecule has 5 heteroatoms. The molecule has 0 spiro atoms. The molecule has 1 aliphatic heterocycles. The summed E-state index contributed by atoms with van der Waals surface area (Å²) >= 11 is 0. The Morgan fingerprint density at radius 2 is 1.95 bits per heavy atom. The molecule has 1 aromatic rings. The van der Waals surface area contributed by atoms with Gasteiger partial charge in [0.2, 0.25) is 5.91 Å². The lowest BCUT2D eigenvalue weighted by atomic mass is 10.00. The zero-order valence-electron chi connectivity index (χ0n) is 13.3. The number of nitrogens with one attached hydrogen (secondary N) is 1. The van der Waals surface area contributed by atoms with E-state index < -0.39 is 0 Å². The summed E-state index contributed by atoms with van der Waals surface area (Å²) in [5.74, 6) is 0.901. The minimum Gasteiger partial charge on any atom is -0.497 e. The Hall–Kier alpha value is -2.04. The number of rotatable bonds is 4. The molecule has 1 aliphatic rings. The lowest BCUT2D eigenvalue weighted by Gasteiger charge is -2.20. The molecule has 2 rings (SSSR count). The Kier molecular flexibility index (Phi) is 5.81. The van der Waals surface area contributed by atoms with Crippen molar-refractivity contribution in [2.24, 2.45) is 5.92 Å². The number of benzene rings is 1. The van der Waals surface area contributed by atoms with Crippen molar-refractivity contribution in [1.29, 1.82) is 0 Å². The van der Waals surface area contributed by atoms with Crippen molar-refractivity contribution in [3.05, 3.63) is 29.8 Å². The van der Waals surface area contributed by atoms with Gasteiger partial charge < -0.3 is 15.0 Å². The average molecular weight is 304 g/mol. The zero-order valence-corrected chi connectivity index (χ0v) is 13.3. The second-order valence-electron chi connectivity index (χ2n) is 5.54. The third-order valence-corrected chi connectivity index (χ3v) is 4.07. The first kappa shape index (κ1) is 16.3. The highest BCUT2D eigenvalue weighted by Crippen LogP contribution is 2.20. The van der Waals surface area contributed by atoms with E-state index in [0.717, 1.165) is 25.0 Å². The summed E-state index contributed by atoms with van der Waals surface area (Å²) in [5, 5.41) is 2.88. The molecule has 1 unspecified atom stereocenters. The first-order chi connectivity index (χ1) is 10.7. The third kappa shape index (κ3) is 4.00. The van der Waals surface area contributed by atoms with Crippen LogP contribution >= 0.6 is 0 Å². The lowest BCUT2D eigenvalue weighted by molar-refractivity contribution is -0.125. The number of carbonyl (C=O) groups is 2. The van der Waals surface area contributed by atoms with E-state index in [4.69, 9.17) is 4.74 Å². The number of methoxy groups -OCH3 is 1. The first-order valence-corrected chi connectivity index (χ1v) is 7.86. The molecular formula is C17H24N2O3. The van der Waals surface area contributed by atoms with E-state index in [1.165, 1.54) is 0 Å². The van der Waals surface area contributed by atoms with Gasteiger partial charge in [-0.3, -0.25) is 9.59 Å². The van der Waals surface area contributed by atoms with E-state index in [2.05, 4.69) is 5.32 Å². The molecule has 2 amide bonds. The average Bonchev–Trinajstić information content (AvgIpc) is 2.80. The first-order valence-electron chi connectivity index (χ1n) is 7.86. The monoisotopic (exact) mass is 304 g/mol. The van der Waals surface area contributed by atoms with E-state index in [9.17, 15) is 9.59 Å². The van der Waals surface area contributed by atoms with Gasteiger partial charge in [0.05, 0.1) is 7.11 Å². The molecule has 1 fully saturated rings. The lowest BCUT2D eigenvalue weighted by Crippen LogP contribution is -2.33. The van der Waals surface area contributed by atoms with E-state index in [0.29, 0.717) is 25.2 Å². The summed E-state index contributed by atoms with van der Waals surface area (Å²) in [6, 6.07) is 7.16. The quantitative estimate of drug-likeness (QED) is 0.926. The van der Waals surface area contributed by atoms with Gasteiger partial charge in [0.25, 0.3) is 5.91 Å². The van der Waals surface area contributed by atoms with Gasteiger partial charge in [-0.15, -0.1) is 0 Å². The van der Waals surface area contributed by atoms with Crippen LogP contribution in [0.25, 0.3) is 0 Å². The van der Waals surface area contributed by atoms with Gasteiger partial charge in [-0.2, -0.15) is 0 Å². The summed E-state index contributed by atoms with van der Waals surface area (Å²) in [4.78, 5) is 26.3. The van der Waals surface area contributed by atoms with Crippen molar-refractivity contribution in [3.8, 4) is 5.75 Å². The molecule has 1 atom stereocenters. The molecule has 0 bridgehead atoms. The fraction of sp³-hybridized carbons (Fsp3) is 0.529. The summed E-state index contributed by atoms with van der Waals surface area (Å²) in [5.41, 5.74) is 0.664. The molecule has 1 aromatic carbocycles. The van der Waals surface area contributed by atoms with Crippen LogP contribution in [0.3, 0.4) is 0 Å². The van der Waals surface area contributed by atoms with E-state index >= 15 is 0 Å². The normalized spacial score (nSPS) is 18.5. The number of hydrogen-bond acceptors (Lipinski definition) is 3. The third-order valence-electron chi connectivity index (χ3n) is 4.07. The SMILES string of the molecule is CCNC(=O)C1CCCN(C(=O)c2ccc(OC)cc2)CC1. The number of hydrogen-bond donors (Lipinski definition) is 1. The molecule has 120 valence electrons. The van der Waals surface area contributed by atoms with Crippen molar-refractivity contribution < 1.29 is 14.3 Å². The topological polar surface area (TPSA) is 58.6 Å². The number of amides is 2. The summed E-state index contributed by atoms with van der Waals surface area (Å²) in [6.07, 6.45) is 2.44. The van der Waals surface area contributed by atoms with E-state index in [-0.39, 0.29) is 17.7 Å². The Bertz CT molecular complexity index is 513. The fourth-order valence-electron chi connectivity index (χ4n) is 2.80. The van der Waals surface area contributed by atoms with Crippen LogP contribution in [0.2, 0.25) is 0 Å². The molecule has 0 aromatic heterocycles. The summed E-state index contributed by atoms with van der Waals surface area (Å²) in [6.45, 7) is 3.92. The van der Waals surface area contributed by atoms with Crippen LogP contribution in [-0.4, -0.2) is 43.5 Å². The molecule has 0 radical (unpaired) electrons. The highest BCUT2D eigenvalue weighted by molar-refractivity contribution is 5.94. The van der Waals surface area contributed by atoms with Crippen LogP contribution in [-0.2, 0) is 4.79 Å². The maximum absolute atomic E-state index is 12.5. The molecule has 22 heavy (non-hydrogen) atoms. The van der Waals surface area contributed by atoms with Gasteiger partial charge in [0.1, 0.15) is 5.75 Å². The minimum atomic E-state index is 0.0219. The minimum absolute atomic E-state index is 0.0219. The molecular weight excluding hydrogens is 280 g/mol. The molecule has 1 heterocycles. The Morgan fingerprint density at radius 1 is 1.23 bits per heavy atom. The van der Waals surface area contributed by atoms with Gasteiger partial charge in [-0.05, 0) is 50.5 Å². The second kappa shape index (κ2) is 7.82. The fourth-order valence-corrected chi connectivity index (χ4v) is 2.80. The van der Waals surface area contributed by atoms with Crippen molar-refractivity contribution in [2.45, 2.75) is 26.2 Å². The number of likely N-dealkylation sites (tertiary alicyclic amines) is 1. The van der Waals surface area contributed by atoms with E-state index in [1.807, 2.05) is 11.8 Å². The Morgan fingerprint density at radius 3 is 2.59 bits per heavy atom. The van der Waals surface area contributed by atoms with Crippen molar-refractivity contribution in [2.75, 3.05) is 26.7 Å². The van der Waals surface area contributed by atoms with Gasteiger partial charge in [0, 0.05) is 31.1 Å². The largest absolute Gasteiger partial charge is 0.497 e. The van der Waals surface area contributed by atoms with Crippen LogP contribution in [0.5, 0.6) is 5.75 Å². The molecule has 1 saturated heterocycles. The molecule has 0 saturated carbocycles. The number of nitrogens with zero attached hydrogens (tertiary/aromatic N) is 1.